The molecule has 2 aromatic heterocycles. The maximum atomic E-state index is 11.6. The largest absolute Gasteiger partial charge is 0.478 e. The number of halogens is 3. The Balaban J connectivity index is 1.66. The summed E-state index contributed by atoms with van der Waals surface area (Å²) in [6.07, 6.45) is 3.41. The number of benzene rings is 2. The summed E-state index contributed by atoms with van der Waals surface area (Å²) in [6, 6.07) is 15.3. The Morgan fingerprint density at radius 2 is 1.76 bits per heavy atom. The van der Waals surface area contributed by atoms with Crippen LogP contribution in [0.15, 0.2) is 59.0 Å². The number of aromatic carboxylic acids is 1. The monoisotopic (exact) mass is 443 g/mol. The summed E-state index contributed by atoms with van der Waals surface area (Å²) in [5.41, 5.74) is 1.97. The SMILES string of the molecule is O=C(O)c1cc(C=Cc2ccc(-c3ccc(Cl)c(Cl)c3)o2)nc2ccc(Cl)cc12. The second kappa shape index (κ2) is 7.91. The van der Waals surface area contributed by atoms with Gasteiger partial charge in [-0.15, -0.1) is 0 Å². The van der Waals surface area contributed by atoms with E-state index in [1.54, 1.807) is 48.6 Å². The number of carboxylic acid groups (broad SMARTS) is 1. The van der Waals surface area contributed by atoms with E-state index in [0.717, 1.165) is 5.56 Å². The van der Waals surface area contributed by atoms with Crippen molar-refractivity contribution < 1.29 is 14.3 Å². The molecule has 2 aromatic carbocycles. The van der Waals surface area contributed by atoms with Gasteiger partial charge in [0, 0.05) is 16.0 Å². The van der Waals surface area contributed by atoms with Crippen molar-refractivity contribution in [2.45, 2.75) is 0 Å². The zero-order valence-corrected chi connectivity index (χ0v) is 17.0. The number of rotatable bonds is 4. The molecular formula is C22H12Cl3NO3. The van der Waals surface area contributed by atoms with Crippen molar-refractivity contribution in [2.75, 3.05) is 0 Å². The van der Waals surface area contributed by atoms with Gasteiger partial charge in [0.1, 0.15) is 11.5 Å². The fourth-order valence-electron chi connectivity index (χ4n) is 2.90. The van der Waals surface area contributed by atoms with Crippen molar-refractivity contribution in [3.8, 4) is 11.3 Å². The van der Waals surface area contributed by atoms with Gasteiger partial charge in [0.2, 0.25) is 0 Å². The molecule has 0 spiro atoms. The number of carbonyl (C=O) groups is 1. The molecule has 144 valence electrons. The van der Waals surface area contributed by atoms with E-state index in [9.17, 15) is 9.90 Å². The van der Waals surface area contributed by atoms with Crippen molar-refractivity contribution in [1.82, 2.24) is 4.98 Å². The first-order valence-corrected chi connectivity index (χ1v) is 9.61. The second-order valence-corrected chi connectivity index (χ2v) is 7.48. The highest BCUT2D eigenvalue weighted by Gasteiger charge is 2.12. The summed E-state index contributed by atoms with van der Waals surface area (Å²) in [7, 11) is 0. The molecule has 0 bridgehead atoms. The molecule has 2 heterocycles. The van der Waals surface area contributed by atoms with Crippen LogP contribution in [-0.4, -0.2) is 16.1 Å². The Morgan fingerprint density at radius 3 is 2.52 bits per heavy atom. The predicted molar refractivity (Wildman–Crippen MR) is 117 cm³/mol. The van der Waals surface area contributed by atoms with Gasteiger partial charge in [0.25, 0.3) is 0 Å². The molecule has 0 atom stereocenters. The molecule has 0 aliphatic heterocycles. The van der Waals surface area contributed by atoms with Gasteiger partial charge in [-0.1, -0.05) is 34.8 Å². The lowest BCUT2D eigenvalue weighted by molar-refractivity contribution is 0.0699. The van der Waals surface area contributed by atoms with Gasteiger partial charge in [-0.25, -0.2) is 9.78 Å². The number of hydrogen-bond donors (Lipinski definition) is 1. The highest BCUT2D eigenvalue weighted by molar-refractivity contribution is 6.42. The normalized spacial score (nSPS) is 11.4. The van der Waals surface area contributed by atoms with Gasteiger partial charge in [0.15, 0.2) is 0 Å². The molecule has 0 unspecified atom stereocenters. The topological polar surface area (TPSA) is 63.3 Å². The first kappa shape index (κ1) is 19.5. The Bertz CT molecular complexity index is 1280. The number of aromatic nitrogens is 1. The zero-order valence-electron chi connectivity index (χ0n) is 14.7. The number of nitrogens with zero attached hydrogens (tertiary/aromatic N) is 1. The molecule has 1 N–H and O–H groups in total. The van der Waals surface area contributed by atoms with E-state index in [1.807, 2.05) is 12.1 Å². The van der Waals surface area contributed by atoms with Gasteiger partial charge in [-0.05, 0) is 66.7 Å². The summed E-state index contributed by atoms with van der Waals surface area (Å²) in [5, 5.41) is 11.4. The van der Waals surface area contributed by atoms with E-state index in [-0.39, 0.29) is 5.56 Å². The van der Waals surface area contributed by atoms with Gasteiger partial charge in [-0.2, -0.15) is 0 Å². The second-order valence-electron chi connectivity index (χ2n) is 6.23. The van der Waals surface area contributed by atoms with Crippen LogP contribution in [0, 0.1) is 0 Å². The molecular weight excluding hydrogens is 433 g/mol. The van der Waals surface area contributed by atoms with Crippen LogP contribution in [-0.2, 0) is 0 Å². The first-order valence-electron chi connectivity index (χ1n) is 8.47. The maximum absolute atomic E-state index is 11.6. The fourth-order valence-corrected chi connectivity index (χ4v) is 3.37. The van der Waals surface area contributed by atoms with E-state index >= 15 is 0 Å². The maximum Gasteiger partial charge on any atom is 0.336 e. The molecule has 29 heavy (non-hydrogen) atoms. The highest BCUT2D eigenvalue weighted by atomic mass is 35.5. The lowest BCUT2D eigenvalue weighted by Gasteiger charge is -2.04. The molecule has 0 saturated carbocycles. The first-order chi connectivity index (χ1) is 13.9. The molecule has 4 aromatic rings. The molecule has 0 aliphatic carbocycles. The Kier molecular flexibility index (Phi) is 5.33. The molecule has 0 amide bonds. The van der Waals surface area contributed by atoms with E-state index in [1.165, 1.54) is 6.07 Å². The molecule has 0 aliphatic rings. The Hall–Kier alpha value is -2.79. The lowest BCUT2D eigenvalue weighted by Crippen LogP contribution is -2.00. The van der Waals surface area contributed by atoms with Crippen molar-refractivity contribution in [1.29, 1.82) is 0 Å². The van der Waals surface area contributed by atoms with Crippen LogP contribution in [0.4, 0.5) is 0 Å². The van der Waals surface area contributed by atoms with E-state index in [0.29, 0.717) is 43.2 Å². The third-order valence-electron chi connectivity index (χ3n) is 4.27. The number of hydrogen-bond acceptors (Lipinski definition) is 3. The van der Waals surface area contributed by atoms with Crippen LogP contribution in [0.5, 0.6) is 0 Å². The highest BCUT2D eigenvalue weighted by Crippen LogP contribution is 2.30. The summed E-state index contributed by atoms with van der Waals surface area (Å²) < 4.78 is 5.82. The summed E-state index contributed by atoms with van der Waals surface area (Å²) in [4.78, 5) is 16.1. The van der Waals surface area contributed by atoms with Crippen molar-refractivity contribution in [2.24, 2.45) is 0 Å². The summed E-state index contributed by atoms with van der Waals surface area (Å²) >= 11 is 18.0. The van der Waals surface area contributed by atoms with Gasteiger partial charge in [-0.3, -0.25) is 0 Å². The molecule has 0 radical (unpaired) electrons. The van der Waals surface area contributed by atoms with Crippen LogP contribution in [0.25, 0.3) is 34.4 Å². The van der Waals surface area contributed by atoms with E-state index in [4.69, 9.17) is 39.2 Å². The average Bonchev–Trinajstić information content (AvgIpc) is 3.17. The predicted octanol–water partition coefficient (Wildman–Crippen LogP) is 7.32. The van der Waals surface area contributed by atoms with Crippen LogP contribution >= 0.6 is 34.8 Å². The van der Waals surface area contributed by atoms with Crippen LogP contribution in [0.2, 0.25) is 15.1 Å². The minimum Gasteiger partial charge on any atom is -0.478 e. The fraction of sp³-hybridized carbons (Fsp3) is 0. The Morgan fingerprint density at radius 1 is 0.931 bits per heavy atom. The standard InChI is InChI=1S/C22H12Cl3NO3/c23-13-2-7-20-16(10-13)17(22(27)28)11-14(26-20)3-4-15-5-8-21(29-15)12-1-6-18(24)19(25)9-12/h1-11H,(H,27,28). The molecule has 7 heteroatoms. The molecule has 0 saturated heterocycles. The van der Waals surface area contributed by atoms with Crippen molar-refractivity contribution in [3.05, 3.63) is 86.7 Å². The Labute approximate surface area is 181 Å². The van der Waals surface area contributed by atoms with Gasteiger partial charge >= 0.3 is 5.97 Å². The van der Waals surface area contributed by atoms with Gasteiger partial charge < -0.3 is 9.52 Å². The average molecular weight is 445 g/mol. The van der Waals surface area contributed by atoms with E-state index in [2.05, 4.69) is 4.98 Å². The minimum atomic E-state index is -1.05. The zero-order chi connectivity index (χ0) is 20.5. The third kappa shape index (κ3) is 4.15. The van der Waals surface area contributed by atoms with Gasteiger partial charge in [0.05, 0.1) is 26.8 Å². The minimum absolute atomic E-state index is 0.132. The molecule has 0 fully saturated rings. The lowest BCUT2D eigenvalue weighted by atomic mass is 10.1. The number of furan rings is 1. The van der Waals surface area contributed by atoms with Crippen LogP contribution in [0.1, 0.15) is 21.8 Å². The summed E-state index contributed by atoms with van der Waals surface area (Å²) in [5.74, 6) is 0.172. The quantitative estimate of drug-likeness (QED) is 0.358. The van der Waals surface area contributed by atoms with Crippen LogP contribution < -0.4 is 0 Å². The smallest absolute Gasteiger partial charge is 0.336 e. The van der Waals surface area contributed by atoms with Crippen molar-refractivity contribution >= 4 is 63.8 Å². The number of carboxylic acids is 1. The third-order valence-corrected chi connectivity index (χ3v) is 5.24. The summed E-state index contributed by atoms with van der Waals surface area (Å²) in [6.45, 7) is 0. The molecule has 4 rings (SSSR count). The van der Waals surface area contributed by atoms with Crippen LogP contribution in [0.3, 0.4) is 0 Å². The number of pyridine rings is 1. The van der Waals surface area contributed by atoms with Crippen molar-refractivity contribution in [3.63, 3.8) is 0 Å². The number of fused-ring (bicyclic) bond motifs is 1. The molecule has 4 nitrogen and oxygen atoms in total. The van der Waals surface area contributed by atoms with E-state index < -0.39 is 5.97 Å².